The van der Waals surface area contributed by atoms with Crippen LogP contribution in [0.5, 0.6) is 0 Å². The number of hydrogen-bond acceptors (Lipinski definition) is 1. The molecule has 2 rings (SSSR count). The second kappa shape index (κ2) is 3.18. The minimum atomic E-state index is -0.0913. The summed E-state index contributed by atoms with van der Waals surface area (Å²) in [6.07, 6.45) is 1.80. The van der Waals surface area contributed by atoms with Crippen LogP contribution in [0.25, 0.3) is 5.69 Å². The largest absolute Gasteiger partial charge is 0.330 e. The Morgan fingerprint density at radius 3 is 2.29 bits per heavy atom. The van der Waals surface area contributed by atoms with E-state index in [1.54, 1.807) is 10.8 Å². The number of aryl methyl sites for hydroxylation is 2. The van der Waals surface area contributed by atoms with E-state index in [0.29, 0.717) is 0 Å². The molecule has 0 saturated carbocycles. The molecule has 0 bridgehead atoms. The van der Waals surface area contributed by atoms with Gasteiger partial charge in [0, 0.05) is 11.9 Å². The maximum atomic E-state index is 11.4. The fraction of sp³-hybridized carbons (Fsp3) is 0.182. The van der Waals surface area contributed by atoms with Gasteiger partial charge in [0.05, 0.1) is 5.69 Å². The summed E-state index contributed by atoms with van der Waals surface area (Å²) >= 11 is 0. The molecule has 3 heteroatoms. The number of nitrogens with one attached hydrogen (secondary N) is 1. The summed E-state index contributed by atoms with van der Waals surface area (Å²) in [7, 11) is 0. The summed E-state index contributed by atoms with van der Waals surface area (Å²) in [5.74, 6) is 0. The van der Waals surface area contributed by atoms with E-state index in [4.69, 9.17) is 0 Å². The number of aromatic nitrogens is 2. The van der Waals surface area contributed by atoms with Crippen molar-refractivity contribution in [2.45, 2.75) is 13.8 Å². The van der Waals surface area contributed by atoms with Gasteiger partial charge in [0.25, 0.3) is 0 Å². The summed E-state index contributed by atoms with van der Waals surface area (Å²) in [5.41, 5.74) is 2.86. The zero-order valence-corrected chi connectivity index (χ0v) is 8.24. The van der Waals surface area contributed by atoms with Gasteiger partial charge in [-0.2, -0.15) is 0 Å². The number of imidazole rings is 1. The van der Waals surface area contributed by atoms with Crippen LogP contribution in [0, 0.1) is 13.8 Å². The topological polar surface area (TPSA) is 37.8 Å². The highest BCUT2D eigenvalue weighted by Crippen LogP contribution is 2.07. The van der Waals surface area contributed by atoms with E-state index in [0.717, 1.165) is 11.4 Å². The summed E-state index contributed by atoms with van der Waals surface area (Å²) < 4.78 is 1.61. The first kappa shape index (κ1) is 8.81. The van der Waals surface area contributed by atoms with E-state index in [1.165, 1.54) is 5.56 Å². The third-order valence-corrected chi connectivity index (χ3v) is 2.16. The molecule has 1 heterocycles. The fourth-order valence-electron chi connectivity index (χ4n) is 1.41. The molecule has 0 fully saturated rings. The zero-order valence-electron chi connectivity index (χ0n) is 8.24. The van der Waals surface area contributed by atoms with E-state index in [-0.39, 0.29) is 5.69 Å². The molecular formula is C11H12N2O. The Bertz CT molecular complexity index is 491. The lowest BCUT2D eigenvalue weighted by Gasteiger charge is -2.00. The van der Waals surface area contributed by atoms with Crippen molar-refractivity contribution in [2.75, 3.05) is 0 Å². The average Bonchev–Trinajstić information content (AvgIpc) is 2.47. The van der Waals surface area contributed by atoms with E-state index in [1.807, 2.05) is 38.1 Å². The summed E-state index contributed by atoms with van der Waals surface area (Å²) in [5, 5.41) is 0. The van der Waals surface area contributed by atoms with Crippen molar-refractivity contribution in [1.29, 1.82) is 0 Å². The van der Waals surface area contributed by atoms with Gasteiger partial charge in [-0.15, -0.1) is 0 Å². The van der Waals surface area contributed by atoms with Gasteiger partial charge in [-0.3, -0.25) is 4.57 Å². The van der Waals surface area contributed by atoms with Crippen LogP contribution < -0.4 is 5.69 Å². The highest BCUT2D eigenvalue weighted by atomic mass is 16.1. The van der Waals surface area contributed by atoms with Gasteiger partial charge >= 0.3 is 5.69 Å². The van der Waals surface area contributed by atoms with Crippen LogP contribution in [0.1, 0.15) is 11.3 Å². The number of rotatable bonds is 1. The number of benzene rings is 1. The molecule has 0 aliphatic rings. The predicted octanol–water partition coefficient (Wildman–Crippen LogP) is 1.78. The molecule has 1 aromatic heterocycles. The fourth-order valence-corrected chi connectivity index (χ4v) is 1.41. The lowest BCUT2D eigenvalue weighted by atomic mass is 10.2. The molecule has 0 amide bonds. The van der Waals surface area contributed by atoms with Crippen molar-refractivity contribution in [2.24, 2.45) is 0 Å². The molecule has 0 radical (unpaired) electrons. The Morgan fingerprint density at radius 1 is 1.14 bits per heavy atom. The van der Waals surface area contributed by atoms with Crippen LogP contribution in [0.2, 0.25) is 0 Å². The van der Waals surface area contributed by atoms with E-state index < -0.39 is 0 Å². The van der Waals surface area contributed by atoms with Crippen molar-refractivity contribution in [1.82, 2.24) is 9.55 Å². The van der Waals surface area contributed by atoms with Gasteiger partial charge in [0.1, 0.15) is 0 Å². The standard InChI is InChI=1S/C11H12N2O/c1-8-3-5-10(6-4-8)13-7-9(2)12-11(13)14/h3-7H,1-2H3,(H,12,14). The maximum Gasteiger partial charge on any atom is 0.330 e. The molecule has 3 nitrogen and oxygen atoms in total. The smallest absolute Gasteiger partial charge is 0.310 e. The van der Waals surface area contributed by atoms with Gasteiger partial charge in [0.15, 0.2) is 0 Å². The van der Waals surface area contributed by atoms with E-state index in [2.05, 4.69) is 4.98 Å². The number of nitrogens with zero attached hydrogens (tertiary/aromatic N) is 1. The van der Waals surface area contributed by atoms with Crippen molar-refractivity contribution >= 4 is 0 Å². The van der Waals surface area contributed by atoms with Crippen LogP contribution >= 0.6 is 0 Å². The minimum Gasteiger partial charge on any atom is -0.310 e. The monoisotopic (exact) mass is 188 g/mol. The molecule has 0 aliphatic heterocycles. The normalized spacial score (nSPS) is 10.4. The summed E-state index contributed by atoms with van der Waals surface area (Å²) in [6, 6.07) is 7.85. The van der Waals surface area contributed by atoms with Crippen molar-refractivity contribution in [3.05, 3.63) is 52.2 Å². The van der Waals surface area contributed by atoms with Gasteiger partial charge < -0.3 is 4.98 Å². The average molecular weight is 188 g/mol. The highest BCUT2D eigenvalue weighted by molar-refractivity contribution is 5.34. The second-order valence-corrected chi connectivity index (χ2v) is 3.45. The summed E-state index contributed by atoms with van der Waals surface area (Å²) in [6.45, 7) is 3.89. The maximum absolute atomic E-state index is 11.4. The molecule has 14 heavy (non-hydrogen) atoms. The number of hydrogen-bond donors (Lipinski definition) is 1. The molecule has 0 spiro atoms. The highest BCUT2D eigenvalue weighted by Gasteiger charge is 2.00. The summed E-state index contributed by atoms with van der Waals surface area (Å²) in [4.78, 5) is 14.2. The molecule has 2 aromatic rings. The van der Waals surface area contributed by atoms with Gasteiger partial charge in [0.2, 0.25) is 0 Å². The number of aromatic amines is 1. The molecule has 0 atom stereocenters. The third-order valence-electron chi connectivity index (χ3n) is 2.16. The van der Waals surface area contributed by atoms with Crippen molar-refractivity contribution in [3.8, 4) is 5.69 Å². The second-order valence-electron chi connectivity index (χ2n) is 3.45. The lowest BCUT2D eigenvalue weighted by Crippen LogP contribution is -2.13. The van der Waals surface area contributed by atoms with Crippen LogP contribution in [-0.2, 0) is 0 Å². The zero-order chi connectivity index (χ0) is 10.1. The van der Waals surface area contributed by atoms with Crippen LogP contribution in [0.3, 0.4) is 0 Å². The van der Waals surface area contributed by atoms with Gasteiger partial charge in [-0.1, -0.05) is 17.7 Å². The Labute approximate surface area is 82.0 Å². The SMILES string of the molecule is Cc1ccc(-n2cc(C)[nH]c2=O)cc1. The predicted molar refractivity (Wildman–Crippen MR) is 55.9 cm³/mol. The Morgan fingerprint density at radius 2 is 1.79 bits per heavy atom. The van der Waals surface area contributed by atoms with Crippen LogP contribution in [-0.4, -0.2) is 9.55 Å². The van der Waals surface area contributed by atoms with Gasteiger partial charge in [-0.05, 0) is 26.0 Å². The molecule has 1 aromatic carbocycles. The minimum absolute atomic E-state index is 0.0913. The van der Waals surface area contributed by atoms with Crippen LogP contribution in [0.15, 0.2) is 35.3 Å². The first-order valence-corrected chi connectivity index (χ1v) is 4.52. The molecule has 0 aliphatic carbocycles. The number of H-pyrrole nitrogens is 1. The van der Waals surface area contributed by atoms with Crippen molar-refractivity contribution in [3.63, 3.8) is 0 Å². The molecule has 72 valence electrons. The molecular weight excluding hydrogens is 176 g/mol. The quantitative estimate of drug-likeness (QED) is 0.727. The Hall–Kier alpha value is -1.77. The molecule has 0 unspecified atom stereocenters. The van der Waals surface area contributed by atoms with Gasteiger partial charge in [-0.25, -0.2) is 4.79 Å². The van der Waals surface area contributed by atoms with E-state index >= 15 is 0 Å². The third kappa shape index (κ3) is 1.48. The lowest BCUT2D eigenvalue weighted by molar-refractivity contribution is 0.986. The van der Waals surface area contributed by atoms with Crippen LogP contribution in [0.4, 0.5) is 0 Å². The Kier molecular flexibility index (Phi) is 2.00. The Balaban J connectivity index is 2.54. The first-order valence-electron chi connectivity index (χ1n) is 4.52. The first-order chi connectivity index (χ1) is 6.66. The van der Waals surface area contributed by atoms with E-state index in [9.17, 15) is 4.79 Å². The molecule has 1 N–H and O–H groups in total. The van der Waals surface area contributed by atoms with Crippen molar-refractivity contribution < 1.29 is 0 Å². The molecule has 0 saturated heterocycles.